The summed E-state index contributed by atoms with van der Waals surface area (Å²) in [5, 5.41) is 10.3. The van der Waals surface area contributed by atoms with E-state index in [9.17, 15) is 9.59 Å². The molecule has 1 aromatic heterocycles. The number of hydrogen-bond acceptors (Lipinski definition) is 5. The normalized spacial score (nSPS) is 13.1. The summed E-state index contributed by atoms with van der Waals surface area (Å²) < 4.78 is 11.3. The molecule has 7 nitrogen and oxygen atoms in total. The van der Waals surface area contributed by atoms with E-state index in [1.165, 1.54) is 18.9 Å². The number of anilines is 1. The molecule has 10 heteroatoms. The van der Waals surface area contributed by atoms with E-state index < -0.39 is 6.10 Å². The lowest BCUT2D eigenvalue weighted by Gasteiger charge is -2.16. The topological polar surface area (TPSA) is 93.3 Å². The van der Waals surface area contributed by atoms with Crippen molar-refractivity contribution in [1.29, 1.82) is 0 Å². The summed E-state index contributed by atoms with van der Waals surface area (Å²) in [7, 11) is 0. The standard InChI is InChI=1S/C16H15Cl2NO2.C14H13ClN2O2/c1-10-13(17)8-9-14(15(10)18)21-11(2)16(20)19-12-6-4-3-5-7-12;1-8-3-2-4-10(9-5-6-9)13(8)19-14-11(18)7-12(15)16-17-14/h3-9,11H,1-2H3,(H,19,20);2-4,7,9H,5-6H2,1H3,(H,16,18). The Morgan fingerprint density at radius 2 is 1.75 bits per heavy atom. The average Bonchev–Trinajstić information content (AvgIpc) is 3.78. The van der Waals surface area contributed by atoms with E-state index in [4.69, 9.17) is 44.3 Å². The van der Waals surface area contributed by atoms with Crippen LogP contribution in [-0.4, -0.2) is 22.2 Å². The number of carbonyl (C=O) groups excluding carboxylic acids is 1. The molecule has 1 unspecified atom stereocenters. The van der Waals surface area contributed by atoms with Crippen molar-refractivity contribution in [2.75, 3.05) is 5.32 Å². The molecule has 1 saturated carbocycles. The molecule has 2 N–H and O–H groups in total. The minimum absolute atomic E-state index is 0.0283. The van der Waals surface area contributed by atoms with Crippen LogP contribution in [0.15, 0.2) is 71.5 Å². The van der Waals surface area contributed by atoms with Crippen LogP contribution in [0.5, 0.6) is 17.4 Å². The maximum atomic E-state index is 12.1. The Balaban J connectivity index is 0.000000186. The third kappa shape index (κ3) is 7.56. The lowest BCUT2D eigenvalue weighted by Crippen LogP contribution is -2.30. The molecule has 0 radical (unpaired) electrons. The largest absolute Gasteiger partial charge is 0.479 e. The smallest absolute Gasteiger partial charge is 0.285 e. The summed E-state index contributed by atoms with van der Waals surface area (Å²) >= 11 is 17.8. The summed E-state index contributed by atoms with van der Waals surface area (Å²) in [6, 6.07) is 19.8. The van der Waals surface area contributed by atoms with Crippen molar-refractivity contribution in [2.24, 2.45) is 0 Å². The molecule has 1 fully saturated rings. The van der Waals surface area contributed by atoms with E-state index in [-0.39, 0.29) is 22.4 Å². The molecule has 3 aromatic carbocycles. The quantitative estimate of drug-likeness (QED) is 0.223. The third-order valence-corrected chi connectivity index (χ3v) is 7.26. The fourth-order valence-corrected chi connectivity index (χ4v) is 4.36. The lowest BCUT2D eigenvalue weighted by atomic mass is 10.1. The zero-order chi connectivity index (χ0) is 28.8. The molecule has 0 bridgehead atoms. The fourth-order valence-electron chi connectivity index (χ4n) is 3.81. The van der Waals surface area contributed by atoms with Gasteiger partial charge in [-0.15, -0.1) is 5.10 Å². The Bertz CT molecular complexity index is 1560. The molecule has 40 heavy (non-hydrogen) atoms. The van der Waals surface area contributed by atoms with Gasteiger partial charge in [-0.2, -0.15) is 0 Å². The molecule has 5 rings (SSSR count). The van der Waals surface area contributed by atoms with Gasteiger partial charge in [-0.3, -0.25) is 14.7 Å². The number of rotatable bonds is 7. The Morgan fingerprint density at radius 3 is 2.42 bits per heavy atom. The van der Waals surface area contributed by atoms with Gasteiger partial charge in [-0.25, -0.2) is 0 Å². The molecular formula is C30H28Cl3N3O4. The number of para-hydroxylation sites is 2. The number of aromatic amines is 1. The van der Waals surface area contributed by atoms with Gasteiger partial charge in [-0.1, -0.05) is 71.2 Å². The summed E-state index contributed by atoms with van der Waals surface area (Å²) in [4.78, 5) is 23.8. The van der Waals surface area contributed by atoms with E-state index in [1.807, 2.05) is 55.5 Å². The van der Waals surface area contributed by atoms with Crippen molar-refractivity contribution in [3.63, 3.8) is 0 Å². The minimum atomic E-state index is -0.678. The number of hydrogen-bond donors (Lipinski definition) is 2. The summed E-state index contributed by atoms with van der Waals surface area (Å²) in [5.41, 5.74) is 3.27. The fraction of sp³-hybridized carbons (Fsp3) is 0.233. The van der Waals surface area contributed by atoms with Crippen molar-refractivity contribution in [3.05, 3.63) is 109 Å². The van der Waals surface area contributed by atoms with Crippen molar-refractivity contribution in [1.82, 2.24) is 10.2 Å². The molecule has 1 atom stereocenters. The molecule has 0 saturated heterocycles. The maximum absolute atomic E-state index is 12.1. The van der Waals surface area contributed by atoms with Gasteiger partial charge in [0.15, 0.2) is 6.10 Å². The van der Waals surface area contributed by atoms with E-state index >= 15 is 0 Å². The summed E-state index contributed by atoms with van der Waals surface area (Å²) in [6.45, 7) is 5.43. The van der Waals surface area contributed by atoms with Crippen molar-refractivity contribution < 1.29 is 14.3 Å². The van der Waals surface area contributed by atoms with Crippen LogP contribution in [0.1, 0.15) is 42.4 Å². The second-order valence-electron chi connectivity index (χ2n) is 9.35. The first-order valence-corrected chi connectivity index (χ1v) is 13.8. The Morgan fingerprint density at radius 1 is 1.02 bits per heavy atom. The van der Waals surface area contributed by atoms with E-state index in [0.29, 0.717) is 21.7 Å². The minimum Gasteiger partial charge on any atom is -0.479 e. The number of aromatic nitrogens is 2. The summed E-state index contributed by atoms with van der Waals surface area (Å²) in [6.07, 6.45) is 1.66. The SMILES string of the molecule is Cc1c(Cl)ccc(OC(C)C(=O)Nc2ccccc2)c1Cl.Cc1cccc(C2CC2)c1Oc1n[nH]c(Cl)cc1=O. The van der Waals surface area contributed by atoms with Crippen molar-refractivity contribution >= 4 is 46.4 Å². The van der Waals surface area contributed by atoms with Gasteiger partial charge in [0.2, 0.25) is 5.43 Å². The molecule has 1 aliphatic rings. The van der Waals surface area contributed by atoms with Crippen LogP contribution in [-0.2, 0) is 4.79 Å². The van der Waals surface area contributed by atoms with Gasteiger partial charge in [0.05, 0.1) is 5.02 Å². The summed E-state index contributed by atoms with van der Waals surface area (Å²) in [5.74, 6) is 1.51. The Labute approximate surface area is 247 Å². The number of nitrogens with zero attached hydrogens (tertiary/aromatic N) is 1. The molecule has 0 aliphatic heterocycles. The number of ether oxygens (including phenoxy) is 2. The van der Waals surface area contributed by atoms with Crippen molar-refractivity contribution in [2.45, 2.75) is 45.6 Å². The highest BCUT2D eigenvalue weighted by molar-refractivity contribution is 6.36. The van der Waals surface area contributed by atoms with Gasteiger partial charge in [0.25, 0.3) is 11.8 Å². The van der Waals surface area contributed by atoms with Crippen LogP contribution in [0.25, 0.3) is 0 Å². The number of carbonyl (C=O) groups is 1. The first-order chi connectivity index (χ1) is 19.1. The van der Waals surface area contributed by atoms with Crippen LogP contribution in [0.3, 0.4) is 0 Å². The second kappa shape index (κ2) is 13.2. The highest BCUT2D eigenvalue weighted by Crippen LogP contribution is 2.45. The molecule has 1 aliphatic carbocycles. The van der Waals surface area contributed by atoms with E-state index in [2.05, 4.69) is 15.5 Å². The number of halogens is 3. The molecule has 208 valence electrons. The third-order valence-electron chi connectivity index (χ3n) is 6.19. The molecule has 4 aromatic rings. The molecule has 1 amide bonds. The van der Waals surface area contributed by atoms with Crippen LogP contribution >= 0.6 is 34.8 Å². The number of amides is 1. The predicted molar refractivity (Wildman–Crippen MR) is 159 cm³/mol. The maximum Gasteiger partial charge on any atom is 0.285 e. The highest BCUT2D eigenvalue weighted by atomic mass is 35.5. The lowest BCUT2D eigenvalue weighted by molar-refractivity contribution is -0.122. The number of H-pyrrole nitrogens is 1. The van der Waals surface area contributed by atoms with Crippen LogP contribution in [0.2, 0.25) is 15.2 Å². The Hall–Kier alpha value is -3.52. The first kappa shape index (κ1) is 29.5. The van der Waals surface area contributed by atoms with E-state index in [1.54, 1.807) is 26.0 Å². The average molecular weight is 601 g/mol. The van der Waals surface area contributed by atoms with E-state index in [0.717, 1.165) is 28.1 Å². The van der Waals surface area contributed by atoms with Gasteiger partial charge in [0, 0.05) is 16.8 Å². The number of benzene rings is 3. The monoisotopic (exact) mass is 599 g/mol. The number of aryl methyl sites for hydroxylation is 1. The van der Waals surface area contributed by atoms with Gasteiger partial charge in [0.1, 0.15) is 16.7 Å². The van der Waals surface area contributed by atoms with Crippen LogP contribution < -0.4 is 20.2 Å². The van der Waals surface area contributed by atoms with Crippen LogP contribution in [0, 0.1) is 13.8 Å². The number of nitrogens with one attached hydrogen (secondary N) is 2. The predicted octanol–water partition coefficient (Wildman–Crippen LogP) is 8.11. The zero-order valence-electron chi connectivity index (χ0n) is 22.1. The zero-order valence-corrected chi connectivity index (χ0v) is 24.4. The van der Waals surface area contributed by atoms with Crippen LogP contribution in [0.4, 0.5) is 5.69 Å². The molecule has 1 heterocycles. The first-order valence-electron chi connectivity index (χ1n) is 12.6. The molecule has 0 spiro atoms. The Kier molecular flexibility index (Phi) is 9.74. The van der Waals surface area contributed by atoms with Gasteiger partial charge in [-0.05, 0) is 80.5 Å². The van der Waals surface area contributed by atoms with Gasteiger partial charge < -0.3 is 14.8 Å². The highest BCUT2D eigenvalue weighted by Gasteiger charge is 2.28. The van der Waals surface area contributed by atoms with Gasteiger partial charge >= 0.3 is 0 Å². The van der Waals surface area contributed by atoms with Crippen molar-refractivity contribution in [3.8, 4) is 17.4 Å². The molecular weight excluding hydrogens is 573 g/mol. The second-order valence-corrected chi connectivity index (χ2v) is 10.5.